The SMILES string of the molecule is CCCCCCCCCCCCC(Oc1ccc(OC(C)=O)c(C(C)(C)C)c1)C(=O)Nc1cccc(NC(=O)C(C(=O)C(C)(C)C)N2C(=O)OC(C)(C)C2=O)c1. The minimum Gasteiger partial charge on any atom is -0.481 e. The number of unbranched alkanes of at least 4 members (excludes halogenated alkanes) is 9. The zero-order valence-electron chi connectivity index (χ0n) is 35.1. The minimum absolute atomic E-state index is 0.224. The van der Waals surface area contributed by atoms with Crippen molar-refractivity contribution in [2.24, 2.45) is 5.41 Å². The van der Waals surface area contributed by atoms with E-state index in [1.54, 1.807) is 57.2 Å². The summed E-state index contributed by atoms with van der Waals surface area (Å²) >= 11 is 0. The van der Waals surface area contributed by atoms with Crippen molar-refractivity contribution >= 4 is 46.9 Å². The smallest absolute Gasteiger partial charge is 0.418 e. The molecule has 0 bridgehead atoms. The van der Waals surface area contributed by atoms with Gasteiger partial charge in [-0.3, -0.25) is 24.0 Å². The number of anilines is 2. The Morgan fingerprint density at radius 3 is 1.84 bits per heavy atom. The molecule has 1 aliphatic heterocycles. The van der Waals surface area contributed by atoms with Crippen molar-refractivity contribution < 1.29 is 43.0 Å². The Kier molecular flexibility index (Phi) is 16.2. The van der Waals surface area contributed by atoms with E-state index in [2.05, 4.69) is 17.6 Å². The molecule has 12 nitrogen and oxygen atoms in total. The number of rotatable bonds is 20. The number of Topliss-reactive ketones (excluding diaryl/α,β-unsaturated/α-hetero) is 1. The van der Waals surface area contributed by atoms with Crippen LogP contribution in [0.15, 0.2) is 42.5 Å². The van der Waals surface area contributed by atoms with Gasteiger partial charge in [-0.15, -0.1) is 0 Å². The van der Waals surface area contributed by atoms with Gasteiger partial charge in [0.05, 0.1) is 0 Å². The topological polar surface area (TPSA) is 157 Å². The highest BCUT2D eigenvalue weighted by atomic mass is 16.6. The zero-order chi connectivity index (χ0) is 41.8. The van der Waals surface area contributed by atoms with E-state index >= 15 is 0 Å². The number of esters is 1. The summed E-state index contributed by atoms with van der Waals surface area (Å²) < 4.78 is 17.0. The number of nitrogens with zero attached hydrogens (tertiary/aromatic N) is 1. The molecule has 2 unspecified atom stereocenters. The molecule has 2 aromatic carbocycles. The lowest BCUT2D eigenvalue weighted by atomic mass is 9.85. The predicted octanol–water partition coefficient (Wildman–Crippen LogP) is 9.29. The third kappa shape index (κ3) is 13.2. The number of hydrogen-bond acceptors (Lipinski definition) is 9. The Bertz CT molecular complexity index is 1720. The number of cyclic esters (lactones) is 1. The highest BCUT2D eigenvalue weighted by Gasteiger charge is 2.55. The Hall–Kier alpha value is -4.74. The largest absolute Gasteiger partial charge is 0.481 e. The first-order chi connectivity index (χ1) is 26.1. The lowest BCUT2D eigenvalue weighted by Gasteiger charge is -2.28. The van der Waals surface area contributed by atoms with Crippen molar-refractivity contribution in [2.45, 2.75) is 163 Å². The summed E-state index contributed by atoms with van der Waals surface area (Å²) in [4.78, 5) is 79.4. The molecule has 0 aromatic heterocycles. The molecule has 1 aliphatic rings. The lowest BCUT2D eigenvalue weighted by Crippen LogP contribution is -2.55. The van der Waals surface area contributed by atoms with Gasteiger partial charge in [-0.1, -0.05) is 112 Å². The highest BCUT2D eigenvalue weighted by Crippen LogP contribution is 2.35. The van der Waals surface area contributed by atoms with Gasteiger partial charge in [0.2, 0.25) is 0 Å². The molecule has 3 rings (SSSR count). The first kappa shape index (κ1) is 45.6. The average Bonchev–Trinajstić information content (AvgIpc) is 3.29. The van der Waals surface area contributed by atoms with Crippen molar-refractivity contribution in [2.75, 3.05) is 10.6 Å². The molecule has 12 heteroatoms. The lowest BCUT2D eigenvalue weighted by molar-refractivity contribution is -0.145. The van der Waals surface area contributed by atoms with Gasteiger partial charge in [-0.2, -0.15) is 0 Å². The second kappa shape index (κ2) is 19.9. The standard InChI is InChI=1S/C44H63N3O9/c1-11-12-13-14-15-16-17-18-19-20-24-35(55-32-25-26-34(54-29(2)48)33(28-32)42(3,4)5)38(50)45-30-22-21-23-31(27-30)46-39(51)36(37(49)43(6,7)8)47-40(52)44(9,10)56-41(47)53/h21-23,25-28,35-36H,11-20,24H2,1-10H3,(H,45,50)(H,46,51). The van der Waals surface area contributed by atoms with E-state index < -0.39 is 64.1 Å². The van der Waals surface area contributed by atoms with Crippen LogP contribution >= 0.6 is 0 Å². The van der Waals surface area contributed by atoms with Crippen LogP contribution in [0, 0.1) is 5.41 Å². The van der Waals surface area contributed by atoms with Crippen LogP contribution in [0.25, 0.3) is 0 Å². The summed E-state index contributed by atoms with van der Waals surface area (Å²) in [5.41, 5.74) is -1.68. The van der Waals surface area contributed by atoms with Gasteiger partial charge in [0, 0.05) is 29.3 Å². The molecule has 2 atom stereocenters. The molecule has 56 heavy (non-hydrogen) atoms. The van der Waals surface area contributed by atoms with E-state index in [-0.39, 0.29) is 5.69 Å². The minimum atomic E-state index is -1.78. The van der Waals surface area contributed by atoms with Crippen molar-refractivity contribution in [1.29, 1.82) is 0 Å². The molecule has 1 saturated heterocycles. The highest BCUT2D eigenvalue weighted by molar-refractivity contribution is 6.18. The number of ketones is 1. The van der Waals surface area contributed by atoms with Crippen LogP contribution in [0.4, 0.5) is 16.2 Å². The van der Waals surface area contributed by atoms with Crippen LogP contribution in [0.2, 0.25) is 0 Å². The molecule has 2 N–H and O–H groups in total. The van der Waals surface area contributed by atoms with Gasteiger partial charge in [-0.25, -0.2) is 9.69 Å². The van der Waals surface area contributed by atoms with Crippen molar-refractivity contribution in [3.63, 3.8) is 0 Å². The number of carbonyl (C=O) groups is 6. The Morgan fingerprint density at radius 1 is 0.786 bits per heavy atom. The number of ether oxygens (including phenoxy) is 3. The monoisotopic (exact) mass is 777 g/mol. The van der Waals surface area contributed by atoms with Crippen LogP contribution in [0.5, 0.6) is 11.5 Å². The van der Waals surface area contributed by atoms with Gasteiger partial charge < -0.3 is 24.8 Å². The van der Waals surface area contributed by atoms with E-state index in [1.165, 1.54) is 65.4 Å². The van der Waals surface area contributed by atoms with E-state index in [1.807, 2.05) is 20.8 Å². The number of nitrogens with one attached hydrogen (secondary N) is 2. The molecule has 1 heterocycles. The maximum Gasteiger partial charge on any atom is 0.418 e. The fourth-order valence-electron chi connectivity index (χ4n) is 6.42. The molecule has 0 radical (unpaired) electrons. The molecule has 0 aliphatic carbocycles. The van der Waals surface area contributed by atoms with Gasteiger partial charge in [-0.05, 0) is 68.5 Å². The number of carbonyl (C=O) groups excluding carboxylic acids is 6. The van der Waals surface area contributed by atoms with Gasteiger partial charge >= 0.3 is 12.1 Å². The van der Waals surface area contributed by atoms with Gasteiger partial charge in [0.25, 0.3) is 17.7 Å². The summed E-state index contributed by atoms with van der Waals surface area (Å²) in [6.07, 6.45) is 9.89. The van der Waals surface area contributed by atoms with Crippen LogP contribution < -0.4 is 20.1 Å². The molecule has 0 saturated carbocycles. The second-order valence-electron chi connectivity index (χ2n) is 17.2. The van der Waals surface area contributed by atoms with Crippen LogP contribution in [0.1, 0.15) is 145 Å². The Morgan fingerprint density at radius 2 is 1.34 bits per heavy atom. The van der Waals surface area contributed by atoms with E-state index in [0.29, 0.717) is 28.5 Å². The summed E-state index contributed by atoms with van der Waals surface area (Å²) in [6.45, 7) is 17.1. The molecule has 4 amide bonds. The number of imide groups is 1. The molecule has 1 fully saturated rings. The summed E-state index contributed by atoms with van der Waals surface area (Å²) in [5, 5.41) is 5.56. The quantitative estimate of drug-likeness (QED) is 0.0579. The first-order valence-electron chi connectivity index (χ1n) is 20.0. The Labute approximate surface area is 332 Å². The fourth-order valence-corrected chi connectivity index (χ4v) is 6.42. The Balaban J connectivity index is 1.81. The maximum atomic E-state index is 13.9. The summed E-state index contributed by atoms with van der Waals surface area (Å²) in [6, 6.07) is 9.73. The van der Waals surface area contributed by atoms with Crippen molar-refractivity contribution in [3.05, 3.63) is 48.0 Å². The second-order valence-corrected chi connectivity index (χ2v) is 17.2. The fraction of sp³-hybridized carbons (Fsp3) is 0.591. The number of amides is 4. The van der Waals surface area contributed by atoms with Crippen molar-refractivity contribution in [3.8, 4) is 11.5 Å². The van der Waals surface area contributed by atoms with Crippen LogP contribution in [0.3, 0.4) is 0 Å². The average molecular weight is 778 g/mol. The molecular weight excluding hydrogens is 714 g/mol. The summed E-state index contributed by atoms with van der Waals surface area (Å²) in [7, 11) is 0. The van der Waals surface area contributed by atoms with E-state index in [0.717, 1.165) is 31.2 Å². The van der Waals surface area contributed by atoms with Crippen LogP contribution in [-0.2, 0) is 34.1 Å². The van der Waals surface area contributed by atoms with E-state index in [9.17, 15) is 28.8 Å². The maximum absolute atomic E-state index is 13.9. The number of benzene rings is 2. The number of hydrogen-bond donors (Lipinski definition) is 2. The van der Waals surface area contributed by atoms with Gasteiger partial charge in [0.15, 0.2) is 23.5 Å². The molecule has 2 aromatic rings. The molecule has 0 spiro atoms. The summed E-state index contributed by atoms with van der Waals surface area (Å²) in [5.74, 6) is -2.31. The molecule has 308 valence electrons. The van der Waals surface area contributed by atoms with Gasteiger partial charge in [0.1, 0.15) is 11.5 Å². The van der Waals surface area contributed by atoms with Crippen LogP contribution in [-0.4, -0.2) is 58.2 Å². The molecular formula is C44H63N3O9. The normalized spacial score (nSPS) is 15.1. The predicted molar refractivity (Wildman–Crippen MR) is 217 cm³/mol. The third-order valence-electron chi connectivity index (χ3n) is 9.57. The van der Waals surface area contributed by atoms with Crippen molar-refractivity contribution in [1.82, 2.24) is 4.90 Å². The zero-order valence-corrected chi connectivity index (χ0v) is 35.1. The third-order valence-corrected chi connectivity index (χ3v) is 9.57. The first-order valence-corrected chi connectivity index (χ1v) is 20.0. The van der Waals surface area contributed by atoms with E-state index in [4.69, 9.17) is 14.2 Å².